The van der Waals surface area contributed by atoms with E-state index in [1.165, 1.54) is 11.0 Å². The average Bonchev–Trinajstić information content (AvgIpc) is 2.59. The number of ether oxygens (including phenoxy) is 1. The van der Waals surface area contributed by atoms with Gasteiger partial charge in [-0.05, 0) is 37.5 Å². The molecule has 1 aromatic carbocycles. The fraction of sp³-hybridized carbons (Fsp3) is 0.389. The van der Waals surface area contributed by atoms with E-state index in [1.807, 2.05) is 6.92 Å². The number of carboxylic acid groups (broad SMARTS) is 1. The minimum atomic E-state index is -0.877. The van der Waals surface area contributed by atoms with Gasteiger partial charge in [-0.1, -0.05) is 0 Å². The average molecular weight is 345 g/mol. The van der Waals surface area contributed by atoms with E-state index in [0.717, 1.165) is 10.9 Å². The molecule has 1 N–H and O–H groups in total. The second-order valence-corrected chi connectivity index (χ2v) is 6.21. The molecule has 132 valence electrons. The van der Waals surface area contributed by atoms with E-state index in [-0.39, 0.29) is 19.1 Å². The number of carbonyl (C=O) groups is 2. The standard InChI is InChI=1S/C18H19NO6/c1-11-7-17(21)25-15-8-13(4-5-14(11)15)24-10-16(20)19-6-2-3-12(9-19)18(22)23/h4-5,7-8,12H,2-3,6,9-10H2,1H3,(H,22,23)/t12-/m0/s1. The molecule has 1 aliphatic heterocycles. The maximum Gasteiger partial charge on any atom is 0.336 e. The summed E-state index contributed by atoms with van der Waals surface area (Å²) in [6.45, 7) is 2.38. The van der Waals surface area contributed by atoms with E-state index in [4.69, 9.17) is 14.3 Å². The van der Waals surface area contributed by atoms with Crippen LogP contribution in [-0.2, 0) is 9.59 Å². The van der Waals surface area contributed by atoms with Crippen LogP contribution >= 0.6 is 0 Å². The van der Waals surface area contributed by atoms with Crippen LogP contribution in [0.1, 0.15) is 18.4 Å². The first-order valence-electron chi connectivity index (χ1n) is 8.12. The van der Waals surface area contributed by atoms with E-state index in [1.54, 1.807) is 18.2 Å². The lowest BCUT2D eigenvalue weighted by Crippen LogP contribution is -2.44. The van der Waals surface area contributed by atoms with E-state index >= 15 is 0 Å². The Morgan fingerprint density at radius 2 is 2.16 bits per heavy atom. The Balaban J connectivity index is 1.67. The summed E-state index contributed by atoms with van der Waals surface area (Å²) in [6, 6.07) is 6.47. The van der Waals surface area contributed by atoms with Gasteiger partial charge in [-0.15, -0.1) is 0 Å². The molecule has 0 unspecified atom stereocenters. The van der Waals surface area contributed by atoms with Gasteiger partial charge in [-0.3, -0.25) is 9.59 Å². The highest BCUT2D eigenvalue weighted by Gasteiger charge is 2.28. The summed E-state index contributed by atoms with van der Waals surface area (Å²) in [6.07, 6.45) is 1.26. The Kier molecular flexibility index (Phi) is 4.74. The van der Waals surface area contributed by atoms with Gasteiger partial charge in [-0.2, -0.15) is 0 Å². The van der Waals surface area contributed by atoms with Crippen LogP contribution in [0.5, 0.6) is 5.75 Å². The van der Waals surface area contributed by atoms with Gasteiger partial charge >= 0.3 is 11.6 Å². The van der Waals surface area contributed by atoms with Crippen LogP contribution in [0.15, 0.2) is 33.5 Å². The van der Waals surface area contributed by atoms with Gasteiger partial charge in [0, 0.05) is 30.6 Å². The molecule has 1 atom stereocenters. The maximum absolute atomic E-state index is 12.2. The molecule has 1 aromatic heterocycles. The number of carboxylic acids is 1. The molecular formula is C18H19NO6. The molecule has 2 aromatic rings. The van der Waals surface area contributed by atoms with Crippen molar-refractivity contribution in [3.63, 3.8) is 0 Å². The van der Waals surface area contributed by atoms with Crippen molar-refractivity contribution in [2.24, 2.45) is 5.92 Å². The van der Waals surface area contributed by atoms with Crippen LogP contribution in [0, 0.1) is 12.8 Å². The van der Waals surface area contributed by atoms with Crippen LogP contribution in [0.4, 0.5) is 0 Å². The molecule has 1 aliphatic rings. The summed E-state index contributed by atoms with van der Waals surface area (Å²) >= 11 is 0. The normalized spacial score (nSPS) is 17.5. The predicted molar refractivity (Wildman–Crippen MR) is 89.7 cm³/mol. The first-order chi connectivity index (χ1) is 11.9. The lowest BCUT2D eigenvalue weighted by Gasteiger charge is -2.30. The zero-order chi connectivity index (χ0) is 18.0. The maximum atomic E-state index is 12.2. The summed E-state index contributed by atoms with van der Waals surface area (Å²) in [5, 5.41) is 9.89. The van der Waals surface area contributed by atoms with Crippen molar-refractivity contribution in [1.82, 2.24) is 4.90 Å². The second kappa shape index (κ2) is 6.96. The smallest absolute Gasteiger partial charge is 0.336 e. The molecule has 0 saturated carbocycles. The number of likely N-dealkylation sites (tertiary alicyclic amines) is 1. The van der Waals surface area contributed by atoms with Crippen molar-refractivity contribution < 1.29 is 23.8 Å². The molecule has 1 fully saturated rings. The first-order valence-corrected chi connectivity index (χ1v) is 8.12. The van der Waals surface area contributed by atoms with E-state index < -0.39 is 17.5 Å². The number of fused-ring (bicyclic) bond motifs is 1. The quantitative estimate of drug-likeness (QED) is 0.849. The van der Waals surface area contributed by atoms with Gasteiger partial charge in [0.25, 0.3) is 5.91 Å². The van der Waals surface area contributed by atoms with Gasteiger partial charge in [-0.25, -0.2) is 4.79 Å². The Hall–Kier alpha value is -2.83. The third kappa shape index (κ3) is 3.81. The number of benzene rings is 1. The molecule has 25 heavy (non-hydrogen) atoms. The zero-order valence-electron chi connectivity index (χ0n) is 13.9. The number of hydrogen-bond acceptors (Lipinski definition) is 5. The van der Waals surface area contributed by atoms with Gasteiger partial charge in [0.05, 0.1) is 5.92 Å². The summed E-state index contributed by atoms with van der Waals surface area (Å²) in [5.74, 6) is -1.23. The summed E-state index contributed by atoms with van der Waals surface area (Å²) in [4.78, 5) is 36.3. The monoisotopic (exact) mass is 345 g/mol. The van der Waals surface area contributed by atoms with E-state index in [2.05, 4.69) is 0 Å². The van der Waals surface area contributed by atoms with Gasteiger partial charge in [0.2, 0.25) is 0 Å². The second-order valence-electron chi connectivity index (χ2n) is 6.21. The molecule has 0 aliphatic carbocycles. The lowest BCUT2D eigenvalue weighted by atomic mass is 9.98. The number of carbonyl (C=O) groups excluding carboxylic acids is 1. The van der Waals surface area contributed by atoms with Gasteiger partial charge in [0.15, 0.2) is 6.61 Å². The fourth-order valence-corrected chi connectivity index (χ4v) is 3.04. The fourth-order valence-electron chi connectivity index (χ4n) is 3.04. The van der Waals surface area contributed by atoms with Crippen LogP contribution in [0.3, 0.4) is 0 Å². The van der Waals surface area contributed by atoms with E-state index in [9.17, 15) is 14.4 Å². The number of hydrogen-bond donors (Lipinski definition) is 1. The number of amides is 1. The number of rotatable bonds is 4. The van der Waals surface area contributed by atoms with Crippen molar-refractivity contribution in [3.8, 4) is 5.75 Å². The number of piperidine rings is 1. The largest absolute Gasteiger partial charge is 0.484 e. The molecule has 1 amide bonds. The van der Waals surface area contributed by atoms with Crippen LogP contribution in [0.2, 0.25) is 0 Å². The Morgan fingerprint density at radius 3 is 2.92 bits per heavy atom. The molecule has 7 heteroatoms. The number of aryl methyl sites for hydroxylation is 1. The van der Waals surface area contributed by atoms with Crippen molar-refractivity contribution >= 4 is 22.8 Å². The van der Waals surface area contributed by atoms with Gasteiger partial charge < -0.3 is 19.2 Å². The molecule has 0 spiro atoms. The Labute approximate surface area is 143 Å². The van der Waals surface area contributed by atoms with Crippen molar-refractivity contribution in [2.45, 2.75) is 19.8 Å². The highest BCUT2D eigenvalue weighted by molar-refractivity contribution is 5.82. The SMILES string of the molecule is Cc1cc(=O)oc2cc(OCC(=O)N3CCC[C@H](C(=O)O)C3)ccc12. The lowest BCUT2D eigenvalue weighted by molar-refractivity contribution is -0.146. The van der Waals surface area contributed by atoms with Crippen LogP contribution in [-0.4, -0.2) is 41.6 Å². The van der Waals surface area contributed by atoms with Gasteiger partial charge in [0.1, 0.15) is 11.3 Å². The zero-order valence-corrected chi connectivity index (χ0v) is 13.9. The number of aliphatic carboxylic acids is 1. The number of nitrogens with zero attached hydrogens (tertiary/aromatic N) is 1. The minimum absolute atomic E-state index is 0.187. The highest BCUT2D eigenvalue weighted by atomic mass is 16.5. The van der Waals surface area contributed by atoms with Crippen LogP contribution < -0.4 is 10.4 Å². The summed E-state index contributed by atoms with van der Waals surface area (Å²) in [5.41, 5.74) is 0.770. The van der Waals surface area contributed by atoms with Crippen molar-refractivity contribution in [1.29, 1.82) is 0 Å². The molecule has 7 nitrogen and oxygen atoms in total. The third-order valence-corrected chi connectivity index (χ3v) is 4.41. The van der Waals surface area contributed by atoms with Crippen molar-refractivity contribution in [3.05, 3.63) is 40.2 Å². The topological polar surface area (TPSA) is 97.0 Å². The molecule has 1 saturated heterocycles. The predicted octanol–water partition coefficient (Wildman–Crippen LogP) is 1.80. The molecule has 0 radical (unpaired) electrons. The van der Waals surface area contributed by atoms with Crippen molar-refractivity contribution in [2.75, 3.05) is 19.7 Å². The molecule has 2 heterocycles. The summed E-state index contributed by atoms with van der Waals surface area (Å²) < 4.78 is 10.7. The Morgan fingerprint density at radius 1 is 1.36 bits per heavy atom. The minimum Gasteiger partial charge on any atom is -0.484 e. The third-order valence-electron chi connectivity index (χ3n) is 4.41. The molecular weight excluding hydrogens is 326 g/mol. The molecule has 3 rings (SSSR count). The highest BCUT2D eigenvalue weighted by Crippen LogP contribution is 2.22. The summed E-state index contributed by atoms with van der Waals surface area (Å²) in [7, 11) is 0. The first kappa shape index (κ1) is 17.0. The molecule has 0 bridgehead atoms. The van der Waals surface area contributed by atoms with Crippen LogP contribution in [0.25, 0.3) is 11.0 Å². The Bertz CT molecular complexity index is 871. The van der Waals surface area contributed by atoms with E-state index in [0.29, 0.717) is 30.7 Å².